The van der Waals surface area contributed by atoms with Gasteiger partial charge in [0.15, 0.2) is 0 Å². The standard InChI is InChI=1S/C15H10ClN3O/c16-14-2-1-3-15(20)13(14)9-19-12-5-4-10(7-17)11(6-12)8-18/h1-6,19-20H,9H2. The second kappa shape index (κ2) is 5.97. The molecule has 0 aliphatic heterocycles. The number of nitrogens with zero attached hydrogens (tertiary/aromatic N) is 2. The van der Waals surface area contributed by atoms with Crippen LogP contribution >= 0.6 is 11.6 Å². The SMILES string of the molecule is N#Cc1ccc(NCc2c(O)cccc2Cl)cc1C#N. The van der Waals surface area contributed by atoms with E-state index in [0.29, 0.717) is 33.9 Å². The van der Waals surface area contributed by atoms with Crippen LogP contribution in [0.15, 0.2) is 36.4 Å². The topological polar surface area (TPSA) is 79.8 Å². The summed E-state index contributed by atoms with van der Waals surface area (Å²) in [6.45, 7) is 0.322. The van der Waals surface area contributed by atoms with Gasteiger partial charge in [0.25, 0.3) is 0 Å². The minimum Gasteiger partial charge on any atom is -0.508 e. The number of phenolic OH excluding ortho intramolecular Hbond substituents is 1. The second-order valence-electron chi connectivity index (χ2n) is 4.08. The van der Waals surface area contributed by atoms with Gasteiger partial charge < -0.3 is 10.4 Å². The van der Waals surface area contributed by atoms with Crippen LogP contribution in [0.1, 0.15) is 16.7 Å². The van der Waals surface area contributed by atoms with Gasteiger partial charge in [-0.15, -0.1) is 0 Å². The van der Waals surface area contributed by atoms with E-state index in [1.54, 1.807) is 36.4 Å². The normalized spacial score (nSPS) is 9.55. The lowest BCUT2D eigenvalue weighted by molar-refractivity contribution is 0.469. The molecule has 0 unspecified atom stereocenters. The summed E-state index contributed by atoms with van der Waals surface area (Å²) in [7, 11) is 0. The molecule has 2 aromatic rings. The third-order valence-electron chi connectivity index (χ3n) is 2.82. The molecule has 0 bridgehead atoms. The van der Waals surface area contributed by atoms with Crippen molar-refractivity contribution in [3.8, 4) is 17.9 Å². The predicted octanol–water partition coefficient (Wildman–Crippen LogP) is 3.40. The first kappa shape index (κ1) is 13.7. The number of nitriles is 2. The molecule has 5 heteroatoms. The zero-order chi connectivity index (χ0) is 14.5. The summed E-state index contributed by atoms with van der Waals surface area (Å²) in [5.41, 5.74) is 1.90. The van der Waals surface area contributed by atoms with Gasteiger partial charge in [0, 0.05) is 22.8 Å². The van der Waals surface area contributed by atoms with Crippen LogP contribution in [-0.2, 0) is 6.54 Å². The Morgan fingerprint density at radius 3 is 2.50 bits per heavy atom. The third-order valence-corrected chi connectivity index (χ3v) is 3.18. The fourth-order valence-electron chi connectivity index (χ4n) is 1.76. The number of phenols is 1. The highest BCUT2D eigenvalue weighted by atomic mass is 35.5. The Labute approximate surface area is 121 Å². The van der Waals surface area contributed by atoms with E-state index in [9.17, 15) is 5.11 Å². The van der Waals surface area contributed by atoms with E-state index < -0.39 is 0 Å². The molecule has 0 aliphatic carbocycles. The van der Waals surface area contributed by atoms with Crippen molar-refractivity contribution in [1.82, 2.24) is 0 Å². The molecule has 0 spiro atoms. The molecule has 0 atom stereocenters. The zero-order valence-corrected chi connectivity index (χ0v) is 11.1. The van der Waals surface area contributed by atoms with Crippen LogP contribution in [0.3, 0.4) is 0 Å². The van der Waals surface area contributed by atoms with Crippen LogP contribution < -0.4 is 5.32 Å². The van der Waals surface area contributed by atoms with E-state index in [4.69, 9.17) is 22.1 Å². The van der Waals surface area contributed by atoms with Gasteiger partial charge in [-0.3, -0.25) is 0 Å². The van der Waals surface area contributed by atoms with Gasteiger partial charge in [0.1, 0.15) is 17.9 Å². The number of hydrogen-bond acceptors (Lipinski definition) is 4. The maximum Gasteiger partial charge on any atom is 0.122 e. The molecule has 0 amide bonds. The molecule has 98 valence electrons. The first-order valence-corrected chi connectivity index (χ1v) is 6.18. The number of aromatic hydroxyl groups is 1. The molecule has 20 heavy (non-hydrogen) atoms. The average Bonchev–Trinajstić information content (AvgIpc) is 2.46. The van der Waals surface area contributed by atoms with Crippen LogP contribution in [0.5, 0.6) is 5.75 Å². The van der Waals surface area contributed by atoms with Gasteiger partial charge >= 0.3 is 0 Å². The monoisotopic (exact) mass is 283 g/mol. The van der Waals surface area contributed by atoms with Gasteiger partial charge in [-0.05, 0) is 30.3 Å². The summed E-state index contributed by atoms with van der Waals surface area (Å²) in [5, 5.41) is 31.1. The van der Waals surface area contributed by atoms with Crippen molar-refractivity contribution in [2.75, 3.05) is 5.32 Å². The van der Waals surface area contributed by atoms with Crippen molar-refractivity contribution in [2.45, 2.75) is 6.54 Å². The molecule has 4 nitrogen and oxygen atoms in total. The molecule has 2 N–H and O–H groups in total. The van der Waals surface area contributed by atoms with Gasteiger partial charge in [-0.2, -0.15) is 10.5 Å². The highest BCUT2D eigenvalue weighted by molar-refractivity contribution is 6.31. The van der Waals surface area contributed by atoms with E-state index in [2.05, 4.69) is 5.32 Å². The lowest BCUT2D eigenvalue weighted by atomic mass is 10.1. The van der Waals surface area contributed by atoms with E-state index in [1.165, 1.54) is 0 Å². The third kappa shape index (κ3) is 2.83. The number of nitrogens with one attached hydrogen (secondary N) is 1. The van der Waals surface area contributed by atoms with Crippen molar-refractivity contribution in [3.05, 3.63) is 58.1 Å². The number of benzene rings is 2. The lowest BCUT2D eigenvalue weighted by Gasteiger charge is -2.10. The van der Waals surface area contributed by atoms with Gasteiger partial charge in [-0.1, -0.05) is 17.7 Å². The minimum atomic E-state index is 0.110. The fraction of sp³-hybridized carbons (Fsp3) is 0.0667. The molecule has 0 saturated carbocycles. The van der Waals surface area contributed by atoms with Crippen LogP contribution in [0.4, 0.5) is 5.69 Å². The Morgan fingerprint density at radius 2 is 1.85 bits per heavy atom. The minimum absolute atomic E-state index is 0.110. The molecular weight excluding hydrogens is 274 g/mol. The molecule has 0 fully saturated rings. The summed E-state index contributed by atoms with van der Waals surface area (Å²) in [5.74, 6) is 0.110. The quantitative estimate of drug-likeness (QED) is 0.905. The number of anilines is 1. The molecule has 0 aliphatic rings. The first-order valence-electron chi connectivity index (χ1n) is 5.80. The number of halogens is 1. The number of hydrogen-bond donors (Lipinski definition) is 2. The first-order chi connectivity index (χ1) is 9.65. The molecular formula is C15H10ClN3O. The fourth-order valence-corrected chi connectivity index (χ4v) is 1.99. The van der Waals surface area contributed by atoms with E-state index in [1.807, 2.05) is 12.1 Å². The molecule has 0 aromatic heterocycles. The van der Waals surface area contributed by atoms with Gasteiger partial charge in [0.05, 0.1) is 11.1 Å². The molecule has 2 aromatic carbocycles. The van der Waals surface area contributed by atoms with Crippen LogP contribution in [0.25, 0.3) is 0 Å². The molecule has 2 rings (SSSR count). The summed E-state index contributed by atoms with van der Waals surface area (Å²) < 4.78 is 0. The van der Waals surface area contributed by atoms with Crippen molar-refractivity contribution in [2.24, 2.45) is 0 Å². The van der Waals surface area contributed by atoms with Crippen LogP contribution in [0, 0.1) is 22.7 Å². The van der Waals surface area contributed by atoms with Crippen molar-refractivity contribution in [1.29, 1.82) is 10.5 Å². The maximum absolute atomic E-state index is 9.73. The smallest absolute Gasteiger partial charge is 0.122 e. The Bertz CT molecular complexity index is 709. The number of rotatable bonds is 3. The summed E-state index contributed by atoms with van der Waals surface area (Å²) >= 11 is 6.01. The average molecular weight is 284 g/mol. The highest BCUT2D eigenvalue weighted by Gasteiger charge is 2.07. The van der Waals surface area contributed by atoms with Crippen molar-refractivity contribution < 1.29 is 5.11 Å². The van der Waals surface area contributed by atoms with Crippen LogP contribution in [-0.4, -0.2) is 5.11 Å². The summed E-state index contributed by atoms with van der Waals surface area (Å²) in [6, 6.07) is 13.7. The second-order valence-corrected chi connectivity index (χ2v) is 4.48. The van der Waals surface area contributed by atoms with E-state index in [-0.39, 0.29) is 5.75 Å². The van der Waals surface area contributed by atoms with Crippen molar-refractivity contribution in [3.63, 3.8) is 0 Å². The van der Waals surface area contributed by atoms with Crippen molar-refractivity contribution >= 4 is 17.3 Å². The maximum atomic E-state index is 9.73. The van der Waals surface area contributed by atoms with Gasteiger partial charge in [-0.25, -0.2) is 0 Å². The Hall–Kier alpha value is -2.69. The van der Waals surface area contributed by atoms with E-state index in [0.717, 1.165) is 0 Å². The summed E-state index contributed by atoms with van der Waals surface area (Å²) in [4.78, 5) is 0. The highest BCUT2D eigenvalue weighted by Crippen LogP contribution is 2.26. The Morgan fingerprint density at radius 1 is 1.10 bits per heavy atom. The molecule has 0 saturated heterocycles. The van der Waals surface area contributed by atoms with Crippen LogP contribution in [0.2, 0.25) is 5.02 Å². The predicted molar refractivity (Wildman–Crippen MR) is 76.3 cm³/mol. The zero-order valence-electron chi connectivity index (χ0n) is 10.4. The Kier molecular flexibility index (Phi) is 4.10. The largest absolute Gasteiger partial charge is 0.508 e. The van der Waals surface area contributed by atoms with Gasteiger partial charge in [0.2, 0.25) is 0 Å². The van der Waals surface area contributed by atoms with E-state index >= 15 is 0 Å². The summed E-state index contributed by atoms with van der Waals surface area (Å²) in [6.07, 6.45) is 0. The lowest BCUT2D eigenvalue weighted by Crippen LogP contribution is -2.01. The Balaban J connectivity index is 2.20. The molecule has 0 radical (unpaired) electrons. The molecule has 0 heterocycles.